The Balaban J connectivity index is 2.12. The van der Waals surface area contributed by atoms with Crippen molar-refractivity contribution in [2.75, 3.05) is 5.32 Å². The minimum atomic E-state index is -0.351. The molecule has 0 aliphatic heterocycles. The molecule has 0 heterocycles. The summed E-state index contributed by atoms with van der Waals surface area (Å²) in [6.07, 6.45) is 0. The minimum absolute atomic E-state index is 0.0563. The lowest BCUT2D eigenvalue weighted by Crippen LogP contribution is -2.26. The number of nitrogens with one attached hydrogen (secondary N) is 2. The Morgan fingerprint density at radius 3 is 2.50 bits per heavy atom. The lowest BCUT2D eigenvalue weighted by Gasteiger charge is -2.16. The van der Waals surface area contributed by atoms with Crippen LogP contribution in [0.1, 0.15) is 35.8 Å². The summed E-state index contributed by atoms with van der Waals surface area (Å²) < 4.78 is 0. The molecule has 0 bridgehead atoms. The average Bonchev–Trinajstić information content (AvgIpc) is 2.47. The van der Waals surface area contributed by atoms with Crippen LogP contribution < -0.4 is 10.6 Å². The smallest absolute Gasteiger partial charge is 0.255 e. The first-order valence-electron chi connectivity index (χ1n) is 6.94. The summed E-state index contributed by atoms with van der Waals surface area (Å²) in [5.74, 6) is -0.558. The zero-order chi connectivity index (χ0) is 16.1. The number of rotatable bonds is 4. The number of benzene rings is 2. The highest BCUT2D eigenvalue weighted by atomic mass is 16.3. The molecule has 2 aromatic carbocycles. The van der Waals surface area contributed by atoms with Gasteiger partial charge in [0.15, 0.2) is 0 Å². The summed E-state index contributed by atoms with van der Waals surface area (Å²) >= 11 is 0. The van der Waals surface area contributed by atoms with Crippen molar-refractivity contribution < 1.29 is 14.7 Å². The van der Waals surface area contributed by atoms with E-state index in [0.717, 1.165) is 5.56 Å². The van der Waals surface area contributed by atoms with E-state index in [-0.39, 0.29) is 29.2 Å². The van der Waals surface area contributed by atoms with E-state index in [1.54, 1.807) is 30.3 Å². The third-order valence-electron chi connectivity index (χ3n) is 3.20. The Hall–Kier alpha value is -2.82. The molecule has 0 radical (unpaired) electrons. The van der Waals surface area contributed by atoms with Crippen LogP contribution in [0.3, 0.4) is 0 Å². The van der Waals surface area contributed by atoms with Crippen molar-refractivity contribution >= 4 is 17.5 Å². The normalized spacial score (nSPS) is 11.5. The molecule has 0 saturated heterocycles. The topological polar surface area (TPSA) is 78.4 Å². The lowest BCUT2D eigenvalue weighted by atomic mass is 10.1. The molecule has 114 valence electrons. The molecule has 22 heavy (non-hydrogen) atoms. The second kappa shape index (κ2) is 6.76. The fourth-order valence-corrected chi connectivity index (χ4v) is 2.11. The van der Waals surface area contributed by atoms with Gasteiger partial charge < -0.3 is 15.7 Å². The van der Waals surface area contributed by atoms with Gasteiger partial charge in [-0.3, -0.25) is 9.59 Å². The second-order valence-electron chi connectivity index (χ2n) is 5.02. The fourth-order valence-electron chi connectivity index (χ4n) is 2.11. The predicted molar refractivity (Wildman–Crippen MR) is 84.7 cm³/mol. The van der Waals surface area contributed by atoms with Gasteiger partial charge in [-0.05, 0) is 36.8 Å². The van der Waals surface area contributed by atoms with E-state index in [0.29, 0.717) is 5.69 Å². The molecule has 1 unspecified atom stereocenters. The standard InChI is InChI=1S/C17H18N2O3/c1-11(13-6-5-7-14(10-13)19-12(2)20)18-17(22)15-8-3-4-9-16(15)21/h3-11,21H,1-2H3,(H,18,22)(H,19,20). The number of anilines is 1. The molecule has 0 aromatic heterocycles. The van der Waals surface area contributed by atoms with Crippen LogP contribution >= 0.6 is 0 Å². The van der Waals surface area contributed by atoms with E-state index in [9.17, 15) is 14.7 Å². The van der Waals surface area contributed by atoms with Gasteiger partial charge in [-0.15, -0.1) is 0 Å². The van der Waals surface area contributed by atoms with Crippen LogP contribution in [0.25, 0.3) is 0 Å². The number of phenolic OH excluding ortho intramolecular Hbond substituents is 1. The first kappa shape index (κ1) is 15.6. The molecule has 5 heteroatoms. The van der Waals surface area contributed by atoms with Gasteiger partial charge in [0, 0.05) is 12.6 Å². The zero-order valence-corrected chi connectivity index (χ0v) is 12.5. The Labute approximate surface area is 129 Å². The molecular weight excluding hydrogens is 280 g/mol. The molecule has 2 rings (SSSR count). The molecule has 1 atom stereocenters. The molecule has 0 spiro atoms. The molecule has 0 aliphatic rings. The van der Waals surface area contributed by atoms with E-state index in [1.807, 2.05) is 19.1 Å². The summed E-state index contributed by atoms with van der Waals surface area (Å²) in [6.45, 7) is 3.28. The summed E-state index contributed by atoms with van der Waals surface area (Å²) in [6, 6.07) is 13.4. The molecule has 2 aromatic rings. The van der Waals surface area contributed by atoms with Crippen LogP contribution in [0.5, 0.6) is 5.75 Å². The van der Waals surface area contributed by atoms with Crippen LogP contribution in [0.4, 0.5) is 5.69 Å². The highest BCUT2D eigenvalue weighted by molar-refractivity contribution is 5.97. The van der Waals surface area contributed by atoms with Gasteiger partial charge in [0.05, 0.1) is 11.6 Å². The van der Waals surface area contributed by atoms with Gasteiger partial charge in [-0.1, -0.05) is 24.3 Å². The lowest BCUT2D eigenvalue weighted by molar-refractivity contribution is -0.114. The van der Waals surface area contributed by atoms with Crippen LogP contribution in [-0.2, 0) is 4.79 Å². The third kappa shape index (κ3) is 3.85. The second-order valence-corrected chi connectivity index (χ2v) is 5.02. The Bertz CT molecular complexity index is 698. The number of aromatic hydroxyl groups is 1. The van der Waals surface area contributed by atoms with E-state index in [4.69, 9.17) is 0 Å². The molecule has 0 aliphatic carbocycles. The number of phenols is 1. The molecule has 0 fully saturated rings. The number of carbonyl (C=O) groups excluding carboxylic acids is 2. The number of amides is 2. The van der Waals surface area contributed by atoms with Gasteiger partial charge in [0.1, 0.15) is 5.75 Å². The third-order valence-corrected chi connectivity index (χ3v) is 3.20. The van der Waals surface area contributed by atoms with Gasteiger partial charge in [-0.25, -0.2) is 0 Å². The first-order chi connectivity index (χ1) is 10.5. The van der Waals surface area contributed by atoms with E-state index in [2.05, 4.69) is 10.6 Å². The SMILES string of the molecule is CC(=O)Nc1cccc(C(C)NC(=O)c2ccccc2O)c1. The predicted octanol–water partition coefficient (Wildman–Crippen LogP) is 2.84. The van der Waals surface area contributed by atoms with Crippen molar-refractivity contribution in [1.29, 1.82) is 0 Å². The van der Waals surface area contributed by atoms with E-state index >= 15 is 0 Å². The molecule has 2 amide bonds. The van der Waals surface area contributed by atoms with Gasteiger partial charge in [-0.2, -0.15) is 0 Å². The number of hydrogen-bond donors (Lipinski definition) is 3. The fraction of sp³-hybridized carbons (Fsp3) is 0.176. The maximum Gasteiger partial charge on any atom is 0.255 e. The Morgan fingerprint density at radius 1 is 1.09 bits per heavy atom. The monoisotopic (exact) mass is 298 g/mol. The van der Waals surface area contributed by atoms with E-state index in [1.165, 1.54) is 13.0 Å². The van der Waals surface area contributed by atoms with Crippen LogP contribution in [0, 0.1) is 0 Å². The van der Waals surface area contributed by atoms with Crippen molar-refractivity contribution in [3.8, 4) is 5.75 Å². The quantitative estimate of drug-likeness (QED) is 0.812. The summed E-state index contributed by atoms with van der Waals surface area (Å²) in [4.78, 5) is 23.3. The minimum Gasteiger partial charge on any atom is -0.507 e. The highest BCUT2D eigenvalue weighted by Crippen LogP contribution is 2.20. The maximum absolute atomic E-state index is 12.2. The number of para-hydroxylation sites is 1. The average molecular weight is 298 g/mol. The zero-order valence-electron chi connectivity index (χ0n) is 12.5. The summed E-state index contributed by atoms with van der Waals surface area (Å²) in [7, 11) is 0. The summed E-state index contributed by atoms with van der Waals surface area (Å²) in [5, 5.41) is 15.2. The van der Waals surface area contributed by atoms with Crippen LogP contribution in [0.2, 0.25) is 0 Å². The van der Waals surface area contributed by atoms with Gasteiger partial charge in [0.2, 0.25) is 5.91 Å². The number of hydrogen-bond acceptors (Lipinski definition) is 3. The molecule has 3 N–H and O–H groups in total. The van der Waals surface area contributed by atoms with Crippen LogP contribution in [-0.4, -0.2) is 16.9 Å². The number of carbonyl (C=O) groups is 2. The van der Waals surface area contributed by atoms with Crippen molar-refractivity contribution in [3.05, 3.63) is 59.7 Å². The van der Waals surface area contributed by atoms with E-state index < -0.39 is 0 Å². The Morgan fingerprint density at radius 2 is 1.82 bits per heavy atom. The largest absolute Gasteiger partial charge is 0.507 e. The van der Waals surface area contributed by atoms with Crippen molar-refractivity contribution in [3.63, 3.8) is 0 Å². The Kier molecular flexibility index (Phi) is 4.78. The van der Waals surface area contributed by atoms with Crippen molar-refractivity contribution in [2.24, 2.45) is 0 Å². The summed E-state index contributed by atoms with van der Waals surface area (Å²) in [5.41, 5.74) is 1.76. The molecule has 0 saturated carbocycles. The maximum atomic E-state index is 12.2. The highest BCUT2D eigenvalue weighted by Gasteiger charge is 2.14. The van der Waals surface area contributed by atoms with Gasteiger partial charge >= 0.3 is 0 Å². The van der Waals surface area contributed by atoms with Crippen molar-refractivity contribution in [1.82, 2.24) is 5.32 Å². The van der Waals surface area contributed by atoms with Crippen molar-refractivity contribution in [2.45, 2.75) is 19.9 Å². The van der Waals surface area contributed by atoms with Crippen LogP contribution in [0.15, 0.2) is 48.5 Å². The van der Waals surface area contributed by atoms with Gasteiger partial charge in [0.25, 0.3) is 5.91 Å². The molecule has 5 nitrogen and oxygen atoms in total. The molecular formula is C17H18N2O3. The first-order valence-corrected chi connectivity index (χ1v) is 6.94.